The lowest BCUT2D eigenvalue weighted by molar-refractivity contribution is -0.113. The summed E-state index contributed by atoms with van der Waals surface area (Å²) in [5.41, 5.74) is 1.16. The van der Waals surface area contributed by atoms with Gasteiger partial charge in [-0.05, 0) is 42.8 Å². The molecular weight excluding hydrogens is 386 g/mol. The summed E-state index contributed by atoms with van der Waals surface area (Å²) in [6.07, 6.45) is 1.61. The number of nitrogens with one attached hydrogen (secondary N) is 2. The van der Waals surface area contributed by atoms with Crippen molar-refractivity contribution in [3.63, 3.8) is 0 Å². The number of anilines is 1. The van der Waals surface area contributed by atoms with E-state index in [1.54, 1.807) is 48.5 Å². The number of aromatic nitrogens is 2. The van der Waals surface area contributed by atoms with E-state index in [0.29, 0.717) is 34.9 Å². The third kappa shape index (κ3) is 2.65. The molecule has 0 atom stereocenters. The molecule has 3 aromatic rings. The molecule has 2 aliphatic rings. The van der Waals surface area contributed by atoms with Crippen LogP contribution in [0.2, 0.25) is 0 Å². The number of benzene rings is 2. The fraction of sp³-hybridized carbons (Fsp3) is 0.136. The summed E-state index contributed by atoms with van der Waals surface area (Å²) < 4.78 is 10.7. The van der Waals surface area contributed by atoms with Gasteiger partial charge in [0.25, 0.3) is 11.5 Å². The first-order valence-electron chi connectivity index (χ1n) is 9.46. The van der Waals surface area contributed by atoms with Gasteiger partial charge in [-0.2, -0.15) is 0 Å². The van der Waals surface area contributed by atoms with Crippen LogP contribution in [0, 0.1) is 0 Å². The van der Waals surface area contributed by atoms with Crippen LogP contribution >= 0.6 is 0 Å². The Kier molecular flexibility index (Phi) is 4.06. The Morgan fingerprint density at radius 3 is 2.67 bits per heavy atom. The molecule has 0 spiro atoms. The normalized spacial score (nSPS) is 17.5. The highest BCUT2D eigenvalue weighted by Crippen LogP contribution is 2.32. The maximum absolute atomic E-state index is 13.2. The SMILES string of the molecule is CCN1C(=O)C(=c2[nH][nH]c(=O)/c2=C\c2ccc3c(c2)OCO3)C(=O)c2ccccc21. The predicted molar refractivity (Wildman–Crippen MR) is 109 cm³/mol. The number of nitrogens with zero attached hydrogens (tertiary/aromatic N) is 1. The summed E-state index contributed by atoms with van der Waals surface area (Å²) in [6.45, 7) is 2.37. The minimum atomic E-state index is -0.447. The molecule has 2 aliphatic heterocycles. The van der Waals surface area contributed by atoms with Crippen molar-refractivity contribution >= 4 is 29.0 Å². The summed E-state index contributed by atoms with van der Waals surface area (Å²) in [5, 5.41) is 5.58. The van der Waals surface area contributed by atoms with Gasteiger partial charge in [0.15, 0.2) is 11.5 Å². The van der Waals surface area contributed by atoms with Crippen molar-refractivity contribution in [2.45, 2.75) is 6.92 Å². The number of ether oxygens (including phenoxy) is 2. The van der Waals surface area contributed by atoms with Gasteiger partial charge in [-0.1, -0.05) is 18.2 Å². The maximum Gasteiger partial charge on any atom is 0.271 e. The molecule has 1 amide bonds. The van der Waals surface area contributed by atoms with E-state index >= 15 is 0 Å². The number of ketones is 1. The molecule has 8 nitrogen and oxygen atoms in total. The van der Waals surface area contributed by atoms with Crippen LogP contribution in [0.3, 0.4) is 0 Å². The molecule has 0 unspecified atom stereocenters. The lowest BCUT2D eigenvalue weighted by atomic mass is 9.94. The molecule has 150 valence electrons. The van der Waals surface area contributed by atoms with Crippen molar-refractivity contribution in [3.8, 4) is 11.5 Å². The average molecular weight is 403 g/mol. The molecule has 0 saturated heterocycles. The second kappa shape index (κ2) is 6.77. The molecule has 2 N–H and O–H groups in total. The Morgan fingerprint density at radius 2 is 1.83 bits per heavy atom. The Labute approximate surface area is 170 Å². The van der Waals surface area contributed by atoms with E-state index in [9.17, 15) is 14.4 Å². The highest BCUT2D eigenvalue weighted by Gasteiger charge is 2.35. The van der Waals surface area contributed by atoms with Gasteiger partial charge < -0.3 is 14.4 Å². The smallest absolute Gasteiger partial charge is 0.271 e. The molecule has 0 saturated carbocycles. The van der Waals surface area contributed by atoms with Gasteiger partial charge in [-0.25, -0.2) is 0 Å². The topological polar surface area (TPSA) is 104 Å². The Morgan fingerprint density at radius 1 is 1.03 bits per heavy atom. The van der Waals surface area contributed by atoms with Gasteiger partial charge in [0.1, 0.15) is 5.57 Å². The number of fused-ring (bicyclic) bond motifs is 2. The number of H-pyrrole nitrogens is 2. The molecule has 0 aliphatic carbocycles. The van der Waals surface area contributed by atoms with Crippen LogP contribution in [0.1, 0.15) is 22.8 Å². The number of Topliss-reactive ketones (excluding diaryl/α,β-unsaturated/α-hetero) is 1. The number of aromatic amines is 2. The minimum absolute atomic E-state index is 0.0686. The number of amides is 1. The Bertz CT molecular complexity index is 1380. The molecule has 30 heavy (non-hydrogen) atoms. The summed E-state index contributed by atoms with van der Waals surface area (Å²) >= 11 is 0. The molecule has 3 heterocycles. The van der Waals surface area contributed by atoms with Crippen molar-refractivity contribution < 1.29 is 19.1 Å². The molecular formula is C22H17N3O5. The second-order valence-electron chi connectivity index (χ2n) is 6.90. The molecule has 2 aromatic carbocycles. The van der Waals surface area contributed by atoms with E-state index in [4.69, 9.17) is 9.47 Å². The quantitative estimate of drug-likeness (QED) is 0.654. The molecule has 5 rings (SSSR count). The number of hydrogen-bond acceptors (Lipinski definition) is 5. The van der Waals surface area contributed by atoms with Gasteiger partial charge in [0.05, 0.1) is 16.3 Å². The number of carbonyl (C=O) groups is 2. The van der Waals surface area contributed by atoms with E-state index in [-0.39, 0.29) is 22.9 Å². The zero-order valence-electron chi connectivity index (χ0n) is 16.0. The first-order valence-corrected chi connectivity index (χ1v) is 9.46. The first-order chi connectivity index (χ1) is 14.6. The molecule has 0 bridgehead atoms. The van der Waals surface area contributed by atoms with Gasteiger partial charge in [-0.15, -0.1) is 0 Å². The fourth-order valence-electron chi connectivity index (χ4n) is 3.78. The zero-order chi connectivity index (χ0) is 20.8. The van der Waals surface area contributed by atoms with Crippen LogP contribution in [0.4, 0.5) is 5.69 Å². The van der Waals surface area contributed by atoms with Gasteiger partial charge in [0.2, 0.25) is 12.6 Å². The number of rotatable bonds is 2. The van der Waals surface area contributed by atoms with Crippen molar-refractivity contribution in [1.29, 1.82) is 0 Å². The van der Waals surface area contributed by atoms with Gasteiger partial charge >= 0.3 is 0 Å². The number of para-hydroxylation sites is 1. The van der Waals surface area contributed by atoms with E-state index < -0.39 is 17.2 Å². The van der Waals surface area contributed by atoms with E-state index in [2.05, 4.69) is 10.2 Å². The molecule has 0 fully saturated rings. The van der Waals surface area contributed by atoms with Crippen molar-refractivity contribution in [3.05, 3.63) is 74.5 Å². The van der Waals surface area contributed by atoms with E-state index in [1.807, 2.05) is 6.92 Å². The van der Waals surface area contributed by atoms with Crippen LogP contribution in [0.5, 0.6) is 11.5 Å². The average Bonchev–Trinajstić information content (AvgIpc) is 3.36. The third-order valence-electron chi connectivity index (χ3n) is 5.21. The van der Waals surface area contributed by atoms with Crippen LogP contribution in [-0.2, 0) is 4.79 Å². The highest BCUT2D eigenvalue weighted by atomic mass is 16.7. The van der Waals surface area contributed by atoms with Crippen LogP contribution < -0.4 is 30.5 Å². The Hall–Kier alpha value is -4.07. The monoisotopic (exact) mass is 403 g/mol. The lowest BCUT2D eigenvalue weighted by Crippen LogP contribution is -2.45. The van der Waals surface area contributed by atoms with Crippen LogP contribution in [0.15, 0.2) is 47.3 Å². The van der Waals surface area contributed by atoms with Gasteiger partial charge in [-0.3, -0.25) is 24.6 Å². The standard InChI is InChI=1S/C22H17N3O5/c1-2-25-15-6-4-3-5-13(15)20(26)18(22(25)28)19-14(21(27)24-23-19)9-12-7-8-16-17(10-12)30-11-29-16/h3-10,23H,2,11H2,1H3,(H,24,27)/b14-9-,19-18?. The molecule has 1 aromatic heterocycles. The summed E-state index contributed by atoms with van der Waals surface area (Å²) in [7, 11) is 0. The fourth-order valence-corrected chi connectivity index (χ4v) is 3.78. The first kappa shape index (κ1) is 18.0. The highest BCUT2D eigenvalue weighted by molar-refractivity contribution is 6.51. The second-order valence-corrected chi connectivity index (χ2v) is 6.90. The summed E-state index contributed by atoms with van der Waals surface area (Å²) in [5.74, 6) is 0.325. The third-order valence-corrected chi connectivity index (χ3v) is 5.21. The summed E-state index contributed by atoms with van der Waals surface area (Å²) in [6, 6.07) is 12.2. The van der Waals surface area contributed by atoms with Gasteiger partial charge in [0, 0.05) is 12.1 Å². The molecule has 0 radical (unpaired) electrons. The van der Waals surface area contributed by atoms with Crippen LogP contribution in [0.25, 0.3) is 11.6 Å². The predicted octanol–water partition coefficient (Wildman–Crippen LogP) is 0.661. The van der Waals surface area contributed by atoms with Crippen LogP contribution in [-0.4, -0.2) is 35.2 Å². The molecule has 8 heteroatoms. The van der Waals surface area contributed by atoms with Crippen molar-refractivity contribution in [2.24, 2.45) is 0 Å². The maximum atomic E-state index is 13.2. The Balaban J connectivity index is 1.77. The zero-order valence-corrected chi connectivity index (χ0v) is 16.0. The van der Waals surface area contributed by atoms with E-state index in [1.165, 1.54) is 4.90 Å². The van der Waals surface area contributed by atoms with Crippen molar-refractivity contribution in [1.82, 2.24) is 10.2 Å². The number of carbonyl (C=O) groups excluding carboxylic acids is 2. The van der Waals surface area contributed by atoms with Crippen molar-refractivity contribution in [2.75, 3.05) is 18.2 Å². The largest absolute Gasteiger partial charge is 0.454 e. The van der Waals surface area contributed by atoms with E-state index in [0.717, 1.165) is 0 Å². The summed E-state index contributed by atoms with van der Waals surface area (Å²) in [4.78, 5) is 40.4. The minimum Gasteiger partial charge on any atom is -0.454 e. The lowest BCUT2D eigenvalue weighted by Gasteiger charge is -2.28. The number of hydrogen-bond donors (Lipinski definition) is 2.